The lowest BCUT2D eigenvalue weighted by Crippen LogP contribution is -2.44. The number of pyridine rings is 1. The molecule has 1 aliphatic heterocycles. The standard InChI is InChI=1S/C28H31ClF2N2O3S/c1-36-19-7-8-24-20(17-19)26(21(29)18-32-24)23(31)9-10-28(27(34)35)11-14-33(15-12-28)13-4-16-37-25-6-3-2-5-22(25)30/h2-3,5-8,17-18,23H,4,9-16H2,1H3,(H,34,35). The largest absolute Gasteiger partial charge is 0.497 e. The third kappa shape index (κ3) is 6.54. The van der Waals surface area contributed by atoms with Crippen molar-refractivity contribution in [1.29, 1.82) is 0 Å². The molecule has 4 rings (SSSR count). The van der Waals surface area contributed by atoms with Crippen molar-refractivity contribution in [3.8, 4) is 5.75 Å². The van der Waals surface area contributed by atoms with Crippen molar-refractivity contribution in [2.24, 2.45) is 5.41 Å². The zero-order chi connectivity index (χ0) is 26.4. The molecule has 3 aromatic rings. The summed E-state index contributed by atoms with van der Waals surface area (Å²) in [4.78, 5) is 19.5. The van der Waals surface area contributed by atoms with Crippen molar-refractivity contribution in [3.05, 3.63) is 65.1 Å². The first kappa shape index (κ1) is 27.6. The van der Waals surface area contributed by atoms with Gasteiger partial charge in [-0.3, -0.25) is 9.78 Å². The molecule has 1 saturated heterocycles. The number of benzene rings is 2. The van der Waals surface area contributed by atoms with Gasteiger partial charge < -0.3 is 14.7 Å². The van der Waals surface area contributed by atoms with Crippen molar-refractivity contribution in [3.63, 3.8) is 0 Å². The number of aromatic nitrogens is 1. The third-order valence-electron chi connectivity index (χ3n) is 7.24. The summed E-state index contributed by atoms with van der Waals surface area (Å²) < 4.78 is 34.7. The van der Waals surface area contributed by atoms with E-state index in [4.69, 9.17) is 16.3 Å². The number of fused-ring (bicyclic) bond motifs is 1. The Morgan fingerprint density at radius 3 is 2.73 bits per heavy atom. The summed E-state index contributed by atoms with van der Waals surface area (Å²) in [5, 5.41) is 10.9. The molecule has 0 bridgehead atoms. The van der Waals surface area contributed by atoms with Crippen molar-refractivity contribution < 1.29 is 23.4 Å². The number of methoxy groups -OCH3 is 1. The molecular formula is C28H31ClF2N2O3S. The average molecular weight is 549 g/mol. The van der Waals surface area contributed by atoms with E-state index >= 15 is 4.39 Å². The van der Waals surface area contributed by atoms with Crippen LogP contribution in [0.25, 0.3) is 10.9 Å². The van der Waals surface area contributed by atoms with Crippen LogP contribution in [-0.2, 0) is 4.79 Å². The number of ether oxygens (including phenoxy) is 1. The summed E-state index contributed by atoms with van der Waals surface area (Å²) in [5.41, 5.74) is -0.0244. The fraction of sp³-hybridized carbons (Fsp3) is 0.429. The number of carboxylic acids is 1. The van der Waals surface area contributed by atoms with Crippen LogP contribution in [0.3, 0.4) is 0 Å². The van der Waals surface area contributed by atoms with Gasteiger partial charge in [0.05, 0.1) is 23.1 Å². The van der Waals surface area contributed by atoms with E-state index in [2.05, 4.69) is 9.88 Å². The molecule has 0 aliphatic carbocycles. The van der Waals surface area contributed by atoms with E-state index in [1.54, 1.807) is 30.3 Å². The van der Waals surface area contributed by atoms with Crippen molar-refractivity contribution in [2.45, 2.75) is 43.2 Å². The first-order valence-corrected chi connectivity index (χ1v) is 13.8. The summed E-state index contributed by atoms with van der Waals surface area (Å²) in [6.07, 6.45) is 2.11. The summed E-state index contributed by atoms with van der Waals surface area (Å²) in [7, 11) is 1.54. The predicted molar refractivity (Wildman–Crippen MR) is 144 cm³/mol. The Morgan fingerprint density at radius 2 is 2.03 bits per heavy atom. The van der Waals surface area contributed by atoms with Gasteiger partial charge in [0, 0.05) is 22.0 Å². The van der Waals surface area contributed by atoms with Crippen LogP contribution < -0.4 is 4.74 Å². The number of hydrogen-bond acceptors (Lipinski definition) is 5. The minimum absolute atomic E-state index is 0.0572. The molecular weight excluding hydrogens is 518 g/mol. The normalized spacial score (nSPS) is 16.5. The Kier molecular flexibility index (Phi) is 9.27. The average Bonchev–Trinajstić information content (AvgIpc) is 2.90. The van der Waals surface area contributed by atoms with Crippen molar-refractivity contribution in [2.75, 3.05) is 32.5 Å². The highest BCUT2D eigenvalue weighted by Gasteiger charge is 2.41. The quantitative estimate of drug-likeness (QED) is 0.202. The van der Waals surface area contributed by atoms with E-state index in [0.29, 0.717) is 53.0 Å². The van der Waals surface area contributed by atoms with E-state index in [1.165, 1.54) is 31.1 Å². The highest BCUT2D eigenvalue weighted by molar-refractivity contribution is 7.99. The van der Waals surface area contributed by atoms with Crippen LogP contribution in [0.5, 0.6) is 5.75 Å². The van der Waals surface area contributed by atoms with Crippen molar-refractivity contribution in [1.82, 2.24) is 9.88 Å². The first-order valence-electron chi connectivity index (χ1n) is 12.4. The Labute approximate surface area is 225 Å². The first-order chi connectivity index (χ1) is 17.8. The summed E-state index contributed by atoms with van der Waals surface area (Å²) in [6, 6.07) is 12.0. The van der Waals surface area contributed by atoms with Gasteiger partial charge in [0.25, 0.3) is 0 Å². The van der Waals surface area contributed by atoms with Crippen LogP contribution >= 0.6 is 23.4 Å². The molecule has 2 heterocycles. The summed E-state index contributed by atoms with van der Waals surface area (Å²) >= 11 is 7.84. The third-order valence-corrected chi connectivity index (χ3v) is 8.67. The van der Waals surface area contributed by atoms with Crippen LogP contribution in [0.15, 0.2) is 53.6 Å². The Bertz CT molecular complexity index is 1240. The van der Waals surface area contributed by atoms with Crippen LogP contribution in [0, 0.1) is 11.2 Å². The minimum atomic E-state index is -1.42. The van der Waals surface area contributed by atoms with E-state index in [0.717, 1.165) is 18.7 Å². The van der Waals surface area contributed by atoms with E-state index in [1.807, 2.05) is 6.07 Å². The van der Waals surface area contributed by atoms with Crippen LogP contribution in [0.2, 0.25) is 5.02 Å². The second-order valence-corrected chi connectivity index (χ2v) is 11.0. The van der Waals surface area contributed by atoms with Gasteiger partial charge in [-0.25, -0.2) is 8.78 Å². The Balaban J connectivity index is 1.33. The van der Waals surface area contributed by atoms with Crippen LogP contribution in [0.4, 0.5) is 8.78 Å². The second-order valence-electron chi connectivity index (χ2n) is 9.47. The Hall–Kier alpha value is -2.42. The topological polar surface area (TPSA) is 62.7 Å². The minimum Gasteiger partial charge on any atom is -0.497 e. The molecule has 37 heavy (non-hydrogen) atoms. The number of nitrogens with zero attached hydrogens (tertiary/aromatic N) is 2. The van der Waals surface area contributed by atoms with E-state index in [-0.39, 0.29) is 23.7 Å². The maximum Gasteiger partial charge on any atom is 0.309 e. The number of alkyl halides is 1. The smallest absolute Gasteiger partial charge is 0.309 e. The highest BCUT2D eigenvalue weighted by Crippen LogP contribution is 2.42. The number of carbonyl (C=O) groups is 1. The summed E-state index contributed by atoms with van der Waals surface area (Å²) in [6.45, 7) is 2.11. The monoisotopic (exact) mass is 548 g/mol. The van der Waals surface area contributed by atoms with E-state index in [9.17, 15) is 14.3 Å². The zero-order valence-corrected chi connectivity index (χ0v) is 22.3. The number of piperidine rings is 1. The lowest BCUT2D eigenvalue weighted by molar-refractivity contribution is -0.153. The molecule has 1 aromatic heterocycles. The fourth-order valence-corrected chi connectivity index (χ4v) is 6.11. The van der Waals surface area contributed by atoms with Gasteiger partial charge in [0.15, 0.2) is 0 Å². The molecule has 1 aliphatic rings. The SMILES string of the molecule is COc1ccc2ncc(Cl)c(C(F)CCC3(C(=O)O)CCN(CCCSc4ccccc4F)CC3)c2c1. The lowest BCUT2D eigenvalue weighted by atomic mass is 9.74. The number of thioether (sulfide) groups is 1. The van der Waals surface area contributed by atoms with E-state index < -0.39 is 17.6 Å². The number of halogens is 3. The number of aliphatic carboxylic acids is 1. The molecule has 1 atom stereocenters. The molecule has 1 N–H and O–H groups in total. The lowest BCUT2D eigenvalue weighted by Gasteiger charge is -2.39. The van der Waals surface area contributed by atoms with Gasteiger partial charge in [0.1, 0.15) is 17.7 Å². The van der Waals surface area contributed by atoms with Crippen molar-refractivity contribution >= 4 is 40.2 Å². The predicted octanol–water partition coefficient (Wildman–Crippen LogP) is 7.18. The number of likely N-dealkylation sites (tertiary alicyclic amines) is 1. The molecule has 0 amide bonds. The fourth-order valence-electron chi connectivity index (χ4n) is 4.97. The molecule has 0 saturated carbocycles. The zero-order valence-electron chi connectivity index (χ0n) is 20.8. The van der Waals surface area contributed by atoms with Crippen LogP contribution in [-0.4, -0.2) is 53.5 Å². The number of hydrogen-bond donors (Lipinski definition) is 1. The molecule has 0 spiro atoms. The Morgan fingerprint density at radius 1 is 1.27 bits per heavy atom. The van der Waals surface area contributed by atoms with Gasteiger partial charge >= 0.3 is 5.97 Å². The molecule has 5 nitrogen and oxygen atoms in total. The van der Waals surface area contributed by atoms with Gasteiger partial charge in [-0.2, -0.15) is 0 Å². The molecule has 1 unspecified atom stereocenters. The highest BCUT2D eigenvalue weighted by atomic mass is 35.5. The van der Waals surface area contributed by atoms with Gasteiger partial charge in [-0.15, -0.1) is 11.8 Å². The van der Waals surface area contributed by atoms with Gasteiger partial charge in [-0.05, 0) is 87.8 Å². The second kappa shape index (κ2) is 12.4. The summed E-state index contributed by atoms with van der Waals surface area (Å²) in [5.74, 6) is 0.285. The number of carboxylic acid groups (broad SMARTS) is 1. The molecule has 2 aromatic carbocycles. The maximum atomic E-state index is 15.6. The number of rotatable bonds is 11. The maximum absolute atomic E-state index is 15.6. The molecule has 1 fully saturated rings. The van der Waals surface area contributed by atoms with Gasteiger partial charge in [-0.1, -0.05) is 23.7 Å². The van der Waals surface area contributed by atoms with Gasteiger partial charge in [0.2, 0.25) is 0 Å². The molecule has 9 heteroatoms. The van der Waals surface area contributed by atoms with Crippen LogP contribution in [0.1, 0.15) is 43.8 Å². The molecule has 198 valence electrons. The molecule has 0 radical (unpaired) electrons.